The number of hydrogen-bond acceptors (Lipinski definition) is 1. The zero-order valence-corrected chi connectivity index (χ0v) is 9.25. The fourth-order valence-electron chi connectivity index (χ4n) is 0.917. The first kappa shape index (κ1) is 12.4. The fraction of sp³-hybridized carbons (Fsp3) is 0.571. The van der Waals surface area contributed by atoms with Crippen LogP contribution in [0.4, 0.5) is 22.0 Å². The quantitative estimate of drug-likeness (QED) is 0.727. The van der Waals surface area contributed by atoms with E-state index in [9.17, 15) is 22.0 Å². The fourth-order valence-corrected chi connectivity index (χ4v) is 1.50. The molecule has 0 spiro atoms. The molecule has 0 aliphatic rings. The van der Waals surface area contributed by atoms with Crippen molar-refractivity contribution >= 4 is 15.9 Å². The molecule has 1 rings (SSSR count). The van der Waals surface area contributed by atoms with Gasteiger partial charge in [-0.25, -0.2) is 0 Å². The third-order valence-corrected chi connectivity index (χ3v) is 2.86. The van der Waals surface area contributed by atoms with Gasteiger partial charge in [0.05, 0.1) is 4.47 Å². The van der Waals surface area contributed by atoms with E-state index in [0.717, 1.165) is 4.68 Å². The monoisotopic (exact) mass is 292 g/mol. The molecule has 0 fully saturated rings. The molecular weight excluding hydrogens is 287 g/mol. The molecule has 1 aromatic rings. The Hall–Kier alpha value is -0.660. The summed E-state index contributed by atoms with van der Waals surface area (Å²) in [4.78, 5) is 0. The van der Waals surface area contributed by atoms with Gasteiger partial charge in [-0.3, -0.25) is 4.68 Å². The van der Waals surface area contributed by atoms with Gasteiger partial charge < -0.3 is 0 Å². The predicted molar refractivity (Wildman–Crippen MR) is 45.6 cm³/mol. The molecular formula is C7H6BrF5N2. The van der Waals surface area contributed by atoms with Crippen LogP contribution >= 0.6 is 15.9 Å². The highest BCUT2D eigenvalue weighted by atomic mass is 79.9. The third kappa shape index (κ3) is 1.86. The lowest BCUT2D eigenvalue weighted by Gasteiger charge is -2.17. The number of alkyl halides is 5. The summed E-state index contributed by atoms with van der Waals surface area (Å²) in [5, 5.41) is 3.15. The molecule has 86 valence electrons. The first-order chi connectivity index (χ1) is 6.59. The second-order valence-corrected chi connectivity index (χ2v) is 3.74. The lowest BCUT2D eigenvalue weighted by molar-refractivity contribution is -0.291. The Bertz CT molecular complexity index is 381. The van der Waals surface area contributed by atoms with Gasteiger partial charge in [-0.15, -0.1) is 0 Å². The smallest absolute Gasteiger partial charge is 0.271 e. The Kier molecular flexibility index (Phi) is 2.84. The van der Waals surface area contributed by atoms with E-state index in [1.165, 1.54) is 14.0 Å². The zero-order valence-electron chi connectivity index (χ0n) is 7.66. The van der Waals surface area contributed by atoms with E-state index in [1.807, 2.05) is 0 Å². The molecule has 0 aromatic carbocycles. The molecule has 0 amide bonds. The van der Waals surface area contributed by atoms with Crippen LogP contribution in [0.2, 0.25) is 0 Å². The van der Waals surface area contributed by atoms with Crippen molar-refractivity contribution in [1.82, 2.24) is 9.78 Å². The number of aryl methyl sites for hydroxylation is 1. The Morgan fingerprint density at radius 2 is 1.67 bits per heavy atom. The van der Waals surface area contributed by atoms with Crippen LogP contribution in [0.3, 0.4) is 0 Å². The summed E-state index contributed by atoms with van der Waals surface area (Å²) in [6, 6.07) is 0. The molecule has 15 heavy (non-hydrogen) atoms. The van der Waals surface area contributed by atoms with Crippen molar-refractivity contribution in [3.8, 4) is 0 Å². The highest BCUT2D eigenvalue weighted by Gasteiger charge is 2.61. The van der Waals surface area contributed by atoms with Crippen molar-refractivity contribution < 1.29 is 22.0 Å². The van der Waals surface area contributed by atoms with Crippen LogP contribution in [0.15, 0.2) is 4.47 Å². The summed E-state index contributed by atoms with van der Waals surface area (Å²) in [5.41, 5.74) is -1.11. The Labute approximate surface area is 90.2 Å². The van der Waals surface area contributed by atoms with Crippen molar-refractivity contribution in [1.29, 1.82) is 0 Å². The largest absolute Gasteiger partial charge is 0.459 e. The van der Waals surface area contributed by atoms with E-state index in [2.05, 4.69) is 21.0 Å². The lowest BCUT2D eigenvalue weighted by Crippen LogP contribution is -2.34. The van der Waals surface area contributed by atoms with Gasteiger partial charge in [0, 0.05) is 12.7 Å². The van der Waals surface area contributed by atoms with E-state index in [4.69, 9.17) is 0 Å². The molecule has 0 N–H and O–H groups in total. The summed E-state index contributed by atoms with van der Waals surface area (Å²) >= 11 is 2.67. The van der Waals surface area contributed by atoms with Gasteiger partial charge in [-0.1, -0.05) is 0 Å². The van der Waals surface area contributed by atoms with Crippen molar-refractivity contribution in [3.63, 3.8) is 0 Å². The van der Waals surface area contributed by atoms with E-state index >= 15 is 0 Å². The molecule has 0 aliphatic heterocycles. The molecule has 2 nitrogen and oxygen atoms in total. The van der Waals surface area contributed by atoms with Crippen molar-refractivity contribution in [2.75, 3.05) is 0 Å². The highest BCUT2D eigenvalue weighted by molar-refractivity contribution is 9.10. The first-order valence-electron chi connectivity index (χ1n) is 3.73. The summed E-state index contributed by atoms with van der Waals surface area (Å²) in [6.07, 6.45) is -5.64. The second kappa shape index (κ2) is 3.43. The van der Waals surface area contributed by atoms with Crippen molar-refractivity contribution in [3.05, 3.63) is 15.9 Å². The average Bonchev–Trinajstić information content (AvgIpc) is 2.31. The van der Waals surface area contributed by atoms with Gasteiger partial charge in [-0.2, -0.15) is 27.1 Å². The molecule has 8 heteroatoms. The zero-order chi connectivity index (χ0) is 12.0. The summed E-state index contributed by atoms with van der Waals surface area (Å²) in [7, 11) is 1.29. The molecule has 1 heterocycles. The van der Waals surface area contributed by atoms with Crippen LogP contribution < -0.4 is 0 Å². The standard InChI is InChI=1S/C7H6BrF5N2/c1-3-4(8)5(14-15(3)2)6(9,10)7(11,12)13/h1-2H3. The number of aromatic nitrogens is 2. The van der Waals surface area contributed by atoms with Crippen LogP contribution in [-0.4, -0.2) is 16.0 Å². The minimum Gasteiger partial charge on any atom is -0.271 e. The Balaban J connectivity index is 3.34. The van der Waals surface area contributed by atoms with Crippen LogP contribution in [0.25, 0.3) is 0 Å². The maximum absolute atomic E-state index is 12.9. The van der Waals surface area contributed by atoms with Crippen LogP contribution in [0.5, 0.6) is 0 Å². The van der Waals surface area contributed by atoms with Crippen molar-refractivity contribution in [2.24, 2.45) is 7.05 Å². The predicted octanol–water partition coefficient (Wildman–Crippen LogP) is 3.15. The molecule has 0 aliphatic carbocycles. The van der Waals surface area contributed by atoms with Crippen LogP contribution in [0.1, 0.15) is 11.4 Å². The topological polar surface area (TPSA) is 17.8 Å². The van der Waals surface area contributed by atoms with E-state index in [-0.39, 0.29) is 10.2 Å². The molecule has 1 aromatic heterocycles. The summed E-state index contributed by atoms with van der Waals surface area (Å²) in [5.74, 6) is -4.95. The Morgan fingerprint density at radius 1 is 1.20 bits per heavy atom. The van der Waals surface area contributed by atoms with E-state index in [0.29, 0.717) is 0 Å². The normalized spacial score (nSPS) is 13.3. The molecule has 0 radical (unpaired) electrons. The number of hydrogen-bond donors (Lipinski definition) is 0. The van der Waals surface area contributed by atoms with E-state index in [1.54, 1.807) is 0 Å². The van der Waals surface area contributed by atoms with Gasteiger partial charge in [0.1, 0.15) is 0 Å². The van der Waals surface area contributed by atoms with Gasteiger partial charge in [0.15, 0.2) is 5.69 Å². The second-order valence-electron chi connectivity index (χ2n) is 2.94. The molecule has 0 atom stereocenters. The maximum Gasteiger partial charge on any atom is 0.459 e. The number of halogens is 6. The van der Waals surface area contributed by atoms with Crippen LogP contribution in [-0.2, 0) is 13.0 Å². The molecule has 0 bridgehead atoms. The maximum atomic E-state index is 12.9. The minimum absolute atomic E-state index is 0.203. The molecule has 0 unspecified atom stereocenters. The van der Waals surface area contributed by atoms with Crippen LogP contribution in [0, 0.1) is 6.92 Å². The Morgan fingerprint density at radius 3 is 1.93 bits per heavy atom. The van der Waals surface area contributed by atoms with Crippen molar-refractivity contribution in [2.45, 2.75) is 19.0 Å². The summed E-state index contributed by atoms with van der Waals surface area (Å²) < 4.78 is 62.5. The average molecular weight is 293 g/mol. The van der Waals surface area contributed by atoms with Gasteiger partial charge in [0.2, 0.25) is 0 Å². The summed E-state index contributed by atoms with van der Waals surface area (Å²) in [6.45, 7) is 1.38. The lowest BCUT2D eigenvalue weighted by atomic mass is 10.2. The third-order valence-electron chi connectivity index (χ3n) is 1.91. The van der Waals surface area contributed by atoms with Gasteiger partial charge in [0.25, 0.3) is 0 Å². The van der Waals surface area contributed by atoms with Gasteiger partial charge >= 0.3 is 12.1 Å². The molecule has 0 saturated carbocycles. The van der Waals surface area contributed by atoms with E-state index < -0.39 is 17.8 Å². The SMILES string of the molecule is Cc1c(Br)c(C(F)(F)C(F)(F)F)nn1C. The highest BCUT2D eigenvalue weighted by Crippen LogP contribution is 2.46. The number of rotatable bonds is 1. The van der Waals surface area contributed by atoms with Gasteiger partial charge in [-0.05, 0) is 22.9 Å². The minimum atomic E-state index is -5.64. The number of nitrogens with zero attached hydrogens (tertiary/aromatic N) is 2. The molecule has 0 saturated heterocycles. The first-order valence-corrected chi connectivity index (χ1v) is 4.52.